The molecule has 0 aliphatic rings. The molecular formula is C3HClN5. The highest BCUT2D eigenvalue weighted by molar-refractivity contribution is 6.22. The molecule has 9 heavy (non-hydrogen) atoms. The third kappa shape index (κ3) is 2.37. The Hall–Kier alpha value is -1.46. The monoisotopic (exact) mass is 142 g/mol. The Balaban J connectivity index is 3.81. The molecule has 0 aromatic heterocycles. The van der Waals surface area contributed by atoms with E-state index in [2.05, 4.69) is 5.32 Å². The van der Waals surface area contributed by atoms with Crippen molar-refractivity contribution in [2.24, 2.45) is 0 Å². The van der Waals surface area contributed by atoms with Gasteiger partial charge in [0.25, 0.3) is 5.96 Å². The average molecular weight is 143 g/mol. The molecule has 0 aliphatic heterocycles. The quantitative estimate of drug-likeness (QED) is 0.169. The number of rotatable bonds is 0. The number of halogens is 1. The van der Waals surface area contributed by atoms with E-state index >= 15 is 0 Å². The van der Waals surface area contributed by atoms with E-state index < -0.39 is 5.96 Å². The van der Waals surface area contributed by atoms with Crippen LogP contribution in [0.1, 0.15) is 0 Å². The van der Waals surface area contributed by atoms with E-state index in [0.29, 0.717) is 4.42 Å². The van der Waals surface area contributed by atoms with Crippen molar-refractivity contribution in [3.8, 4) is 12.4 Å². The third-order valence-corrected chi connectivity index (χ3v) is 0.665. The SMILES string of the molecule is N#C[N]C(=N)N(Cl)C#N. The number of nitrogens with zero attached hydrogens (tertiary/aromatic N) is 4. The maximum Gasteiger partial charge on any atom is 0.257 e. The second-order valence-corrected chi connectivity index (χ2v) is 1.25. The van der Waals surface area contributed by atoms with E-state index in [1.807, 2.05) is 0 Å². The molecule has 0 aromatic carbocycles. The van der Waals surface area contributed by atoms with E-state index in [-0.39, 0.29) is 0 Å². The lowest BCUT2D eigenvalue weighted by molar-refractivity contribution is 0.859. The predicted octanol–water partition coefficient (Wildman–Crippen LogP) is -0.0565. The topological polar surface area (TPSA) is 88.8 Å². The Morgan fingerprint density at radius 2 is 2.22 bits per heavy atom. The Labute approximate surface area is 56.7 Å². The van der Waals surface area contributed by atoms with Crippen LogP contribution in [0, 0.1) is 28.3 Å². The molecule has 0 heterocycles. The van der Waals surface area contributed by atoms with Gasteiger partial charge in [0.15, 0.2) is 0 Å². The molecule has 5 nitrogen and oxygen atoms in total. The van der Waals surface area contributed by atoms with E-state index in [4.69, 9.17) is 27.7 Å². The summed E-state index contributed by atoms with van der Waals surface area (Å²) < 4.78 is 0.350. The Morgan fingerprint density at radius 3 is 2.56 bits per heavy atom. The van der Waals surface area contributed by atoms with Crippen molar-refractivity contribution in [2.45, 2.75) is 0 Å². The fourth-order valence-corrected chi connectivity index (χ4v) is 0.176. The van der Waals surface area contributed by atoms with E-state index in [9.17, 15) is 0 Å². The first-order valence-corrected chi connectivity index (χ1v) is 2.10. The summed E-state index contributed by atoms with van der Waals surface area (Å²) in [7, 11) is 0. The third-order valence-electron chi connectivity index (χ3n) is 0.430. The zero-order valence-electron chi connectivity index (χ0n) is 4.17. The second kappa shape index (κ2) is 3.53. The maximum absolute atomic E-state index is 7.97. The highest BCUT2D eigenvalue weighted by Gasteiger charge is 2.04. The number of guanidine groups is 1. The molecule has 0 aromatic rings. The zero-order valence-corrected chi connectivity index (χ0v) is 4.92. The van der Waals surface area contributed by atoms with Crippen molar-refractivity contribution < 1.29 is 0 Å². The predicted molar refractivity (Wildman–Crippen MR) is 28.8 cm³/mol. The molecule has 0 saturated heterocycles. The lowest BCUT2D eigenvalue weighted by Gasteiger charge is -1.98. The molecule has 1 N–H and O–H groups in total. The maximum atomic E-state index is 7.97. The van der Waals surface area contributed by atoms with Crippen molar-refractivity contribution >= 4 is 17.7 Å². The van der Waals surface area contributed by atoms with Gasteiger partial charge in [0.05, 0.1) is 0 Å². The summed E-state index contributed by atoms with van der Waals surface area (Å²) in [4.78, 5) is 0. The smallest absolute Gasteiger partial charge is 0.257 e. The minimum Gasteiger partial charge on any atom is -0.265 e. The molecule has 0 aliphatic carbocycles. The fraction of sp³-hybridized carbons (Fsp3) is 0. The highest BCUT2D eigenvalue weighted by atomic mass is 35.5. The second-order valence-electron chi connectivity index (χ2n) is 0.916. The van der Waals surface area contributed by atoms with Crippen LogP contribution in [-0.2, 0) is 0 Å². The lowest BCUT2D eigenvalue weighted by Crippen LogP contribution is -2.22. The molecule has 0 amide bonds. The van der Waals surface area contributed by atoms with Crippen LogP contribution in [0.4, 0.5) is 0 Å². The molecule has 0 unspecified atom stereocenters. The largest absolute Gasteiger partial charge is 0.265 e. The summed E-state index contributed by atoms with van der Waals surface area (Å²) in [5.41, 5.74) is 0. The Kier molecular flexibility index (Phi) is 2.96. The summed E-state index contributed by atoms with van der Waals surface area (Å²) in [5.74, 6) is -0.582. The summed E-state index contributed by atoms with van der Waals surface area (Å²) in [6.07, 6.45) is 2.68. The van der Waals surface area contributed by atoms with E-state index in [0.717, 1.165) is 0 Å². The normalized spacial score (nSPS) is 6.56. The van der Waals surface area contributed by atoms with E-state index in [1.54, 1.807) is 0 Å². The van der Waals surface area contributed by atoms with Gasteiger partial charge in [0.2, 0.25) is 12.4 Å². The standard InChI is InChI=1S/C3HClN5/c4-9(2-6)3(7)8-1-5/h7H. The molecule has 0 bridgehead atoms. The van der Waals surface area contributed by atoms with Crippen LogP contribution < -0.4 is 5.32 Å². The van der Waals surface area contributed by atoms with Gasteiger partial charge in [-0.2, -0.15) is 14.9 Å². The van der Waals surface area contributed by atoms with Gasteiger partial charge >= 0.3 is 0 Å². The van der Waals surface area contributed by atoms with Crippen molar-refractivity contribution in [1.82, 2.24) is 9.74 Å². The van der Waals surface area contributed by atoms with Crippen LogP contribution in [0.25, 0.3) is 0 Å². The van der Waals surface area contributed by atoms with Crippen molar-refractivity contribution in [3.63, 3.8) is 0 Å². The first kappa shape index (κ1) is 7.54. The Bertz CT molecular complexity index is 185. The van der Waals surface area contributed by atoms with Crippen molar-refractivity contribution in [1.29, 1.82) is 15.9 Å². The van der Waals surface area contributed by atoms with Gasteiger partial charge in [-0.25, -0.2) is 0 Å². The van der Waals surface area contributed by atoms with Gasteiger partial charge in [0.1, 0.15) is 0 Å². The van der Waals surface area contributed by atoms with Crippen LogP contribution in [0.3, 0.4) is 0 Å². The molecule has 1 radical (unpaired) electrons. The van der Waals surface area contributed by atoms with Gasteiger partial charge in [0, 0.05) is 11.8 Å². The number of nitrogens with one attached hydrogen (secondary N) is 1. The number of hydrogen-bond acceptors (Lipinski definition) is 3. The van der Waals surface area contributed by atoms with Crippen LogP contribution in [0.2, 0.25) is 0 Å². The van der Waals surface area contributed by atoms with E-state index in [1.165, 1.54) is 12.4 Å². The minimum absolute atomic E-state index is 0.350. The highest BCUT2D eigenvalue weighted by Crippen LogP contribution is 1.88. The van der Waals surface area contributed by atoms with Crippen LogP contribution in [-0.4, -0.2) is 10.4 Å². The lowest BCUT2D eigenvalue weighted by atomic mass is 10.9. The van der Waals surface area contributed by atoms with Crippen molar-refractivity contribution in [3.05, 3.63) is 0 Å². The molecule has 0 saturated carbocycles. The molecule has 0 spiro atoms. The van der Waals surface area contributed by atoms with Gasteiger partial charge < -0.3 is 0 Å². The molecule has 0 rings (SSSR count). The Morgan fingerprint density at radius 1 is 1.67 bits per heavy atom. The zero-order chi connectivity index (χ0) is 7.28. The summed E-state index contributed by atoms with van der Waals surface area (Å²) in [5, 5.41) is 25.3. The molecule has 0 atom stereocenters. The first-order chi connectivity index (χ1) is 4.22. The molecule has 6 heteroatoms. The van der Waals surface area contributed by atoms with Gasteiger partial charge in [-0.15, -0.1) is 5.32 Å². The minimum atomic E-state index is -0.582. The number of hydrogen-bond donors (Lipinski definition) is 1. The van der Waals surface area contributed by atoms with Crippen molar-refractivity contribution in [2.75, 3.05) is 0 Å². The summed E-state index contributed by atoms with van der Waals surface area (Å²) in [6, 6.07) is 0. The number of nitriles is 2. The van der Waals surface area contributed by atoms with Gasteiger partial charge in [-0.3, -0.25) is 5.41 Å². The molecule has 45 valence electrons. The fourth-order valence-electron chi connectivity index (χ4n) is 0.139. The van der Waals surface area contributed by atoms with Crippen LogP contribution >= 0.6 is 11.8 Å². The average Bonchev–Trinajstić information content (AvgIpc) is 1.87. The van der Waals surface area contributed by atoms with Crippen LogP contribution in [0.15, 0.2) is 0 Å². The van der Waals surface area contributed by atoms with Crippen LogP contribution in [0.5, 0.6) is 0 Å². The molecule has 0 fully saturated rings. The first-order valence-electron chi connectivity index (χ1n) is 1.76. The van der Waals surface area contributed by atoms with Gasteiger partial charge in [-0.1, -0.05) is 0 Å². The molecular weight excluding hydrogens is 142 g/mol. The summed E-state index contributed by atoms with van der Waals surface area (Å²) >= 11 is 5.00. The van der Waals surface area contributed by atoms with Gasteiger partial charge in [-0.05, 0) is 0 Å². The summed E-state index contributed by atoms with van der Waals surface area (Å²) in [6.45, 7) is 0.